The zero-order valence-electron chi connectivity index (χ0n) is 67.2. The molecule has 604 valence electrons. The highest BCUT2D eigenvalue weighted by Gasteiger charge is 2.54. The molecule has 112 heavy (non-hydrogen) atoms. The van der Waals surface area contributed by atoms with Gasteiger partial charge in [0.1, 0.15) is 13.2 Å². The lowest BCUT2D eigenvalue weighted by molar-refractivity contribution is -0.173. The number of ether oxygens (including phenoxy) is 8. The molecule has 0 saturated heterocycles. The van der Waals surface area contributed by atoms with Crippen molar-refractivity contribution in [3.8, 4) is 22.3 Å². The van der Waals surface area contributed by atoms with Gasteiger partial charge in [-0.25, -0.2) is 0 Å². The van der Waals surface area contributed by atoms with Gasteiger partial charge in [0.25, 0.3) is 0 Å². The number of esters is 8. The van der Waals surface area contributed by atoms with Crippen molar-refractivity contribution in [2.24, 2.45) is 117 Å². The molecule has 0 heterocycles. The second-order valence-corrected chi connectivity index (χ2v) is 38.0. The maximum absolute atomic E-state index is 12.8. The summed E-state index contributed by atoms with van der Waals surface area (Å²) < 4.78 is 44.4. The van der Waals surface area contributed by atoms with Gasteiger partial charge in [0, 0.05) is 22.7 Å². The minimum absolute atomic E-state index is 0.0453. The average molecular weight is 1530 g/mol. The van der Waals surface area contributed by atoms with Crippen molar-refractivity contribution in [2.45, 2.75) is 232 Å². The van der Waals surface area contributed by atoms with Gasteiger partial charge in [0.05, 0.1) is 39.6 Å². The molecule has 0 radical (unpaired) electrons. The van der Waals surface area contributed by atoms with E-state index in [2.05, 4.69) is 48.5 Å². The fourth-order valence-corrected chi connectivity index (χ4v) is 24.6. The van der Waals surface area contributed by atoms with Crippen LogP contribution in [0.2, 0.25) is 0 Å². The minimum Gasteiger partial charge on any atom is -0.465 e. The van der Waals surface area contributed by atoms with Gasteiger partial charge in [-0.15, -0.1) is 0 Å². The summed E-state index contributed by atoms with van der Waals surface area (Å²) in [5, 5.41) is 0. The largest absolute Gasteiger partial charge is 0.465 e. The Morgan fingerprint density at radius 3 is 0.812 bits per heavy atom. The number of benzene rings is 4. The molecule has 16 heteroatoms. The molecule has 16 aliphatic carbocycles. The molecule has 14 fully saturated rings. The highest BCUT2D eigenvalue weighted by atomic mass is 16.6. The molecule has 0 aliphatic heterocycles. The number of carbonyl (C=O) groups excluding carboxylic acids is 8. The first kappa shape index (κ1) is 79.9. The first-order valence-electron chi connectivity index (χ1n) is 44.0. The molecule has 4 aromatic rings. The van der Waals surface area contributed by atoms with E-state index in [0.717, 1.165) is 107 Å². The van der Waals surface area contributed by atoms with Gasteiger partial charge in [-0.3, -0.25) is 38.4 Å². The Morgan fingerprint density at radius 1 is 0.286 bits per heavy atom. The van der Waals surface area contributed by atoms with Gasteiger partial charge in [0.15, 0.2) is 23.7 Å². The second-order valence-electron chi connectivity index (χ2n) is 38.0. The van der Waals surface area contributed by atoms with E-state index in [9.17, 15) is 38.4 Å². The van der Waals surface area contributed by atoms with Crippen molar-refractivity contribution < 1.29 is 76.3 Å². The van der Waals surface area contributed by atoms with Crippen molar-refractivity contribution in [1.29, 1.82) is 0 Å². The third kappa shape index (κ3) is 18.6. The molecule has 4 aromatic carbocycles. The standard InChI is InChI=1S/C32H26O4.C26H38O4.C20H30O4.C18H30O4/c1-20(31(33)35-18-29-25-14-6-2-10-21(25)22-11-3-7-15-26(22)29)32(34)36-19-30-27-16-8-4-12-23(27)24-13-5-9-17-28(24)30;1-16(23(27)29-14-25-8-17-2-18(9-25)4-19(3-17)10-25)24(28)30-15-26-11-20-5-21(12-26)7-22(6-20)13-26;1-12(19(21)23-10-17-8-13-2-4-15(17)6-13)20(22)24-11-18-9-14-3-5-16(18)7-14;1-14(17(19)21-12-15-8-4-2-5-9-15)18(20)22-13-16-10-6-3-7-11-16/h2-17,20,29-30H,18-19H2,1H3;16-22H,2-15H2,1H3;12-18H,2-11H2,1H3;14-16H,2-13H2,1H3. The van der Waals surface area contributed by atoms with Gasteiger partial charge in [-0.05, 0) is 296 Å². The van der Waals surface area contributed by atoms with Crippen LogP contribution in [0.3, 0.4) is 0 Å². The molecule has 0 N–H and O–H groups in total. The maximum atomic E-state index is 12.8. The number of hydrogen-bond donors (Lipinski definition) is 0. The quantitative estimate of drug-likeness (QED) is 0.0363. The Balaban J connectivity index is 0.000000120. The van der Waals surface area contributed by atoms with Crippen molar-refractivity contribution in [2.75, 3.05) is 52.9 Å². The van der Waals surface area contributed by atoms with E-state index in [1.54, 1.807) is 27.7 Å². The fourth-order valence-electron chi connectivity index (χ4n) is 24.6. The highest BCUT2D eigenvalue weighted by molar-refractivity contribution is 5.96. The van der Waals surface area contributed by atoms with Crippen LogP contribution in [-0.4, -0.2) is 101 Å². The topological polar surface area (TPSA) is 210 Å². The van der Waals surface area contributed by atoms with Gasteiger partial charge in [-0.2, -0.15) is 0 Å². The highest BCUT2D eigenvalue weighted by Crippen LogP contribution is 2.62. The van der Waals surface area contributed by atoms with Crippen LogP contribution in [-0.2, 0) is 76.3 Å². The number of fused-ring (bicyclic) bond motifs is 10. The Bertz CT molecular complexity index is 3580. The lowest BCUT2D eigenvalue weighted by Crippen LogP contribution is -2.49. The lowest BCUT2D eigenvalue weighted by Gasteiger charge is -2.56. The summed E-state index contributed by atoms with van der Waals surface area (Å²) in [6.45, 7) is 9.73. The maximum Gasteiger partial charge on any atom is 0.320 e. The van der Waals surface area contributed by atoms with E-state index in [1.807, 2.05) is 48.5 Å². The van der Waals surface area contributed by atoms with E-state index < -0.39 is 59.5 Å². The molecular weight excluding hydrogens is 1410 g/mol. The monoisotopic (exact) mass is 1530 g/mol. The van der Waals surface area contributed by atoms with E-state index >= 15 is 0 Å². The van der Waals surface area contributed by atoms with Crippen LogP contribution in [0.25, 0.3) is 22.3 Å². The number of rotatable bonds is 24. The first-order chi connectivity index (χ1) is 54.3. The summed E-state index contributed by atoms with van der Waals surface area (Å²) >= 11 is 0. The summed E-state index contributed by atoms with van der Waals surface area (Å²) in [4.78, 5) is 99.2. The fraction of sp³-hybridized carbons (Fsp3) is 0.667. The third-order valence-electron chi connectivity index (χ3n) is 29.9. The molecule has 14 saturated carbocycles. The van der Waals surface area contributed by atoms with Crippen LogP contribution >= 0.6 is 0 Å². The van der Waals surface area contributed by atoms with Crippen LogP contribution in [0, 0.1) is 117 Å². The molecule has 0 spiro atoms. The molecule has 0 aromatic heterocycles. The molecule has 16 aliphatic rings. The van der Waals surface area contributed by atoms with E-state index in [-0.39, 0.29) is 47.8 Å². The van der Waals surface area contributed by atoms with E-state index in [1.165, 1.54) is 189 Å². The van der Waals surface area contributed by atoms with Crippen LogP contribution in [0.4, 0.5) is 0 Å². The Kier molecular flexibility index (Phi) is 25.5. The van der Waals surface area contributed by atoms with Crippen molar-refractivity contribution >= 4 is 47.8 Å². The Hall–Kier alpha value is -7.36. The van der Waals surface area contributed by atoms with E-state index in [0.29, 0.717) is 63.3 Å². The molecule has 16 nitrogen and oxygen atoms in total. The van der Waals surface area contributed by atoms with Crippen molar-refractivity contribution in [1.82, 2.24) is 0 Å². The van der Waals surface area contributed by atoms with Gasteiger partial charge >= 0.3 is 47.8 Å². The molecule has 6 unspecified atom stereocenters. The Morgan fingerprint density at radius 2 is 0.545 bits per heavy atom. The Labute approximate surface area is 664 Å². The van der Waals surface area contributed by atoms with Crippen molar-refractivity contribution in [3.63, 3.8) is 0 Å². The van der Waals surface area contributed by atoms with Crippen LogP contribution in [0.5, 0.6) is 0 Å². The van der Waals surface area contributed by atoms with Crippen molar-refractivity contribution in [3.05, 3.63) is 119 Å². The van der Waals surface area contributed by atoms with Crippen LogP contribution in [0.1, 0.15) is 254 Å². The van der Waals surface area contributed by atoms with Crippen LogP contribution in [0.15, 0.2) is 97.1 Å². The molecule has 6 atom stereocenters. The van der Waals surface area contributed by atoms with Gasteiger partial charge in [-0.1, -0.05) is 148 Å². The predicted octanol–water partition coefficient (Wildman–Crippen LogP) is 18.9. The van der Waals surface area contributed by atoms with E-state index in [4.69, 9.17) is 37.9 Å². The summed E-state index contributed by atoms with van der Waals surface area (Å²) in [5.74, 6) is 3.21. The summed E-state index contributed by atoms with van der Waals surface area (Å²) in [5.41, 5.74) is 9.62. The summed E-state index contributed by atoms with van der Waals surface area (Å²) in [6, 6.07) is 32.7. The molecular formula is C96H124O16. The zero-order chi connectivity index (χ0) is 77.6. The minimum atomic E-state index is -0.996. The molecule has 0 amide bonds. The second kappa shape index (κ2) is 35.8. The summed E-state index contributed by atoms with van der Waals surface area (Å²) in [6.07, 6.45) is 37.9. The van der Waals surface area contributed by atoms with Gasteiger partial charge in [0.2, 0.25) is 0 Å². The SMILES string of the molecule is CC(C(=O)OCC12CC3CC(CC(C3)C1)C2)C(=O)OCC12CC3CC(CC(C3)C1)C2.CC(C(=O)OCC1CC2CCC1C2)C(=O)OCC1CC2CCC1C2.CC(C(=O)OCC1CCCCC1)C(=O)OCC1CCCCC1.CC(C(=O)OCC1c2ccccc2-c2ccccc21)C(=O)OCC1c2ccccc2-c2ccccc21. The molecule has 20 rings (SSSR count). The normalized spacial score (nSPS) is 30.2. The summed E-state index contributed by atoms with van der Waals surface area (Å²) in [7, 11) is 0. The third-order valence-corrected chi connectivity index (χ3v) is 29.9. The predicted molar refractivity (Wildman–Crippen MR) is 424 cm³/mol. The molecule has 12 bridgehead atoms. The first-order valence-corrected chi connectivity index (χ1v) is 44.0. The average Bonchev–Trinajstić information content (AvgIpc) is 1.39. The number of carbonyl (C=O) groups is 8. The zero-order valence-corrected chi connectivity index (χ0v) is 67.2. The number of hydrogen-bond acceptors (Lipinski definition) is 16. The van der Waals surface area contributed by atoms with Gasteiger partial charge < -0.3 is 37.9 Å². The lowest BCUT2D eigenvalue weighted by atomic mass is 9.50. The smallest absolute Gasteiger partial charge is 0.320 e. The van der Waals surface area contributed by atoms with Crippen LogP contribution < -0.4 is 0 Å².